The van der Waals surface area contributed by atoms with Crippen molar-refractivity contribution in [2.75, 3.05) is 0 Å². The Balaban J connectivity index is 0.960. The van der Waals surface area contributed by atoms with Gasteiger partial charge in [0.15, 0.2) is 0 Å². The summed E-state index contributed by atoms with van der Waals surface area (Å²) in [5.41, 5.74) is 11.8. The van der Waals surface area contributed by atoms with Gasteiger partial charge in [-0.2, -0.15) is 0 Å². The van der Waals surface area contributed by atoms with E-state index in [4.69, 9.17) is 4.74 Å². The van der Waals surface area contributed by atoms with Gasteiger partial charge in [-0.25, -0.2) is 0 Å². The molecule has 0 fully saturated rings. The van der Waals surface area contributed by atoms with Crippen molar-refractivity contribution in [2.45, 2.75) is 12.2 Å². The number of ether oxygens (including phenoxy) is 1. The second-order valence-corrected chi connectivity index (χ2v) is 15.7. The summed E-state index contributed by atoms with van der Waals surface area (Å²) in [6.07, 6.45) is 2.21. The van der Waals surface area contributed by atoms with Crippen LogP contribution < -0.4 is 15.4 Å². The van der Waals surface area contributed by atoms with E-state index in [-0.39, 0.29) is 12.2 Å². The highest BCUT2D eigenvalue weighted by atomic mass is 16.5. The summed E-state index contributed by atoms with van der Waals surface area (Å²) in [6.45, 7) is 0. The average molecular weight is 755 g/mol. The van der Waals surface area contributed by atoms with Crippen LogP contribution in [0.2, 0.25) is 0 Å². The van der Waals surface area contributed by atoms with Gasteiger partial charge in [0.05, 0.1) is 6.04 Å². The highest BCUT2D eigenvalue weighted by molar-refractivity contribution is 6.20. The molecule has 59 heavy (non-hydrogen) atoms. The maximum absolute atomic E-state index is 6.49. The van der Waals surface area contributed by atoms with Crippen molar-refractivity contribution in [3.8, 4) is 44.9 Å². The summed E-state index contributed by atoms with van der Waals surface area (Å²) in [4.78, 5) is 0. The predicted octanol–water partition coefficient (Wildman–Crippen LogP) is 14.4. The number of hydrogen-bond donors (Lipinski definition) is 2. The SMILES string of the molecule is C1=C(c2ccc3c(c2)-c2cccc4cccc(c24)O3)NC(c2ccc(-c3ccccc3)cc2)NC1c1ccc(-c2c3ccccc3cc3c2ccc2ccccc23)cc1. The van der Waals surface area contributed by atoms with E-state index in [2.05, 4.69) is 217 Å². The van der Waals surface area contributed by atoms with Gasteiger partial charge in [0.25, 0.3) is 0 Å². The Morgan fingerprint density at radius 1 is 0.390 bits per heavy atom. The third-order valence-electron chi connectivity index (χ3n) is 12.3. The standard InChI is InChI=1S/C56H38N2O/c1-2-10-35(11-3-1)36-20-26-41(27-21-36)56-57-50(34-51(58-56)43-29-31-52-49(33-43)46-18-8-14-39-15-9-19-53(59-52)55(39)46)38-22-24-40(25-23-38)54-45-17-7-5-13-42(45)32-48-44-16-6-4-12-37(44)28-30-47(48)54/h1-34,50,56-58H. The summed E-state index contributed by atoms with van der Waals surface area (Å²) in [6, 6.07) is 72.4. The van der Waals surface area contributed by atoms with Crippen LogP contribution in [0.4, 0.5) is 0 Å². The fourth-order valence-electron chi connectivity index (χ4n) is 9.41. The van der Waals surface area contributed by atoms with E-state index in [1.165, 1.54) is 76.6 Å². The fourth-order valence-corrected chi connectivity index (χ4v) is 9.41. The smallest absolute Gasteiger partial charge is 0.135 e. The van der Waals surface area contributed by atoms with E-state index in [0.717, 1.165) is 33.7 Å². The molecule has 3 nitrogen and oxygen atoms in total. The van der Waals surface area contributed by atoms with E-state index in [0.29, 0.717) is 0 Å². The molecule has 0 bridgehead atoms. The monoisotopic (exact) mass is 754 g/mol. The van der Waals surface area contributed by atoms with Gasteiger partial charge in [0.2, 0.25) is 0 Å². The van der Waals surface area contributed by atoms with E-state index in [1.807, 2.05) is 0 Å². The Morgan fingerprint density at radius 2 is 1.07 bits per heavy atom. The van der Waals surface area contributed by atoms with Gasteiger partial charge in [-0.1, -0.05) is 170 Å². The third kappa shape index (κ3) is 5.70. The normalized spacial score (nSPS) is 15.8. The van der Waals surface area contributed by atoms with Crippen molar-refractivity contribution in [3.63, 3.8) is 0 Å². The summed E-state index contributed by atoms with van der Waals surface area (Å²) in [5.74, 6) is 1.79. The lowest BCUT2D eigenvalue weighted by atomic mass is 9.89. The van der Waals surface area contributed by atoms with Crippen LogP contribution >= 0.6 is 0 Å². The van der Waals surface area contributed by atoms with Crippen LogP contribution in [0.1, 0.15) is 28.9 Å². The zero-order chi connectivity index (χ0) is 38.9. The van der Waals surface area contributed by atoms with Crippen molar-refractivity contribution in [3.05, 3.63) is 223 Å². The van der Waals surface area contributed by atoms with Crippen molar-refractivity contribution < 1.29 is 4.74 Å². The summed E-state index contributed by atoms with van der Waals surface area (Å²) in [5, 5.41) is 17.8. The van der Waals surface area contributed by atoms with Crippen molar-refractivity contribution >= 4 is 48.8 Å². The largest absolute Gasteiger partial charge is 0.456 e. The molecule has 2 heterocycles. The second-order valence-electron chi connectivity index (χ2n) is 15.7. The molecular weight excluding hydrogens is 717 g/mol. The van der Waals surface area contributed by atoms with Crippen LogP contribution in [-0.2, 0) is 0 Å². The molecule has 10 aromatic carbocycles. The lowest BCUT2D eigenvalue weighted by Crippen LogP contribution is -2.39. The summed E-state index contributed by atoms with van der Waals surface area (Å²) >= 11 is 0. The van der Waals surface area contributed by atoms with Gasteiger partial charge < -0.3 is 10.1 Å². The predicted molar refractivity (Wildman–Crippen MR) is 245 cm³/mol. The molecule has 10 aromatic rings. The Morgan fingerprint density at radius 3 is 1.92 bits per heavy atom. The topological polar surface area (TPSA) is 33.3 Å². The lowest BCUT2D eigenvalue weighted by Gasteiger charge is -2.33. The maximum atomic E-state index is 6.49. The number of nitrogens with one attached hydrogen (secondary N) is 2. The maximum Gasteiger partial charge on any atom is 0.135 e. The van der Waals surface area contributed by atoms with Crippen LogP contribution in [0.25, 0.3) is 82.2 Å². The van der Waals surface area contributed by atoms with E-state index < -0.39 is 0 Å². The van der Waals surface area contributed by atoms with E-state index in [9.17, 15) is 0 Å². The van der Waals surface area contributed by atoms with Crippen molar-refractivity contribution in [1.29, 1.82) is 0 Å². The number of benzene rings is 10. The molecule has 2 aliphatic rings. The minimum Gasteiger partial charge on any atom is -0.456 e. The quantitative estimate of drug-likeness (QED) is 0.136. The highest BCUT2D eigenvalue weighted by Gasteiger charge is 2.27. The number of fused-ring (bicyclic) bond motifs is 6. The molecule has 2 aliphatic heterocycles. The molecular formula is C56H38N2O. The minimum atomic E-state index is -0.128. The molecule has 0 aliphatic carbocycles. The summed E-state index contributed by atoms with van der Waals surface area (Å²) < 4.78 is 6.49. The van der Waals surface area contributed by atoms with Crippen LogP contribution in [-0.4, -0.2) is 0 Å². The Labute approximate surface area is 342 Å². The fraction of sp³-hybridized carbons (Fsp3) is 0.0357. The molecule has 0 radical (unpaired) electrons. The van der Waals surface area contributed by atoms with Crippen LogP contribution in [0.5, 0.6) is 11.5 Å². The molecule has 2 N–H and O–H groups in total. The van der Waals surface area contributed by atoms with Crippen molar-refractivity contribution in [2.24, 2.45) is 0 Å². The van der Waals surface area contributed by atoms with Crippen LogP contribution in [0.15, 0.2) is 206 Å². The van der Waals surface area contributed by atoms with Gasteiger partial charge in [-0.15, -0.1) is 0 Å². The molecule has 0 amide bonds. The van der Waals surface area contributed by atoms with Crippen LogP contribution in [0, 0.1) is 0 Å². The first-order chi connectivity index (χ1) is 29.2. The summed E-state index contributed by atoms with van der Waals surface area (Å²) in [7, 11) is 0. The lowest BCUT2D eigenvalue weighted by molar-refractivity contribution is 0.442. The van der Waals surface area contributed by atoms with Gasteiger partial charge in [0, 0.05) is 16.6 Å². The molecule has 3 heteroatoms. The van der Waals surface area contributed by atoms with Gasteiger partial charge in [-0.3, -0.25) is 5.32 Å². The van der Waals surface area contributed by atoms with Crippen molar-refractivity contribution in [1.82, 2.24) is 10.6 Å². The van der Waals surface area contributed by atoms with E-state index >= 15 is 0 Å². The Hall–Kier alpha value is -7.46. The molecule has 0 aromatic heterocycles. The Bertz CT molecular complexity index is 3290. The van der Waals surface area contributed by atoms with Gasteiger partial charge in [-0.05, 0) is 119 Å². The molecule has 2 unspecified atom stereocenters. The zero-order valence-electron chi connectivity index (χ0n) is 32.2. The first-order valence-electron chi connectivity index (χ1n) is 20.4. The highest BCUT2D eigenvalue weighted by Crippen LogP contribution is 2.47. The van der Waals surface area contributed by atoms with Gasteiger partial charge in [0.1, 0.15) is 17.7 Å². The number of rotatable bonds is 5. The first kappa shape index (κ1) is 33.7. The van der Waals surface area contributed by atoms with Gasteiger partial charge >= 0.3 is 0 Å². The molecule has 12 rings (SSSR count). The minimum absolute atomic E-state index is 0.0521. The third-order valence-corrected chi connectivity index (χ3v) is 12.3. The van der Waals surface area contributed by atoms with E-state index in [1.54, 1.807) is 0 Å². The molecule has 0 saturated heterocycles. The number of hydrogen-bond acceptors (Lipinski definition) is 3. The second kappa shape index (κ2) is 13.6. The average Bonchev–Trinajstić information content (AvgIpc) is 3.31. The first-order valence-corrected chi connectivity index (χ1v) is 20.4. The molecule has 0 saturated carbocycles. The molecule has 2 atom stereocenters. The molecule has 278 valence electrons. The van der Waals surface area contributed by atoms with Crippen LogP contribution in [0.3, 0.4) is 0 Å². The zero-order valence-corrected chi connectivity index (χ0v) is 32.2. The Kier molecular flexibility index (Phi) is 7.75. The molecule has 0 spiro atoms.